The number of carboxylic acids is 1. The molecule has 0 saturated heterocycles. The highest BCUT2D eigenvalue weighted by atomic mass is 35.5. The number of rotatable bonds is 4. The Morgan fingerprint density at radius 2 is 1.96 bits per heavy atom. The highest BCUT2D eigenvalue weighted by molar-refractivity contribution is 6.42. The highest BCUT2D eigenvalue weighted by Crippen LogP contribution is 2.43. The smallest absolute Gasteiger partial charge is 0.336 e. The van der Waals surface area contributed by atoms with E-state index in [2.05, 4.69) is 5.32 Å². The summed E-state index contributed by atoms with van der Waals surface area (Å²) in [5.41, 5.74) is 0.698. The molecule has 2 rings (SSSR count). The van der Waals surface area contributed by atoms with E-state index in [-0.39, 0.29) is 26.9 Å². The lowest BCUT2D eigenvalue weighted by Crippen LogP contribution is -2.33. The van der Waals surface area contributed by atoms with Gasteiger partial charge in [-0.1, -0.05) is 35.3 Å². The van der Waals surface area contributed by atoms with Crippen LogP contribution in [-0.2, 0) is 14.3 Å². The normalized spacial score (nSPS) is 17.6. The topological polar surface area (TPSA) is 95.9 Å². The number of dihydropyridines is 1. The molecule has 1 atom stereocenters. The molecule has 24 heavy (non-hydrogen) atoms. The van der Waals surface area contributed by atoms with Crippen LogP contribution in [0.2, 0.25) is 10.0 Å². The Bertz CT molecular complexity index is 770. The van der Waals surface area contributed by atoms with Gasteiger partial charge in [-0.3, -0.25) is 0 Å². The second kappa shape index (κ2) is 7.25. The van der Waals surface area contributed by atoms with Crippen LogP contribution in [-0.4, -0.2) is 35.9 Å². The molecule has 1 aliphatic rings. The number of aliphatic hydroxyl groups excluding tert-OH is 1. The van der Waals surface area contributed by atoms with Crippen LogP contribution in [0.3, 0.4) is 0 Å². The molecule has 0 radical (unpaired) electrons. The van der Waals surface area contributed by atoms with Crippen molar-refractivity contribution in [3.05, 3.63) is 56.3 Å². The Kier molecular flexibility index (Phi) is 5.54. The summed E-state index contributed by atoms with van der Waals surface area (Å²) in [7, 11) is 1.17. The van der Waals surface area contributed by atoms with Gasteiger partial charge in [0.15, 0.2) is 0 Å². The molecule has 8 heteroatoms. The maximum absolute atomic E-state index is 12.3. The molecule has 1 aliphatic heterocycles. The van der Waals surface area contributed by atoms with E-state index in [1.807, 2.05) is 0 Å². The van der Waals surface area contributed by atoms with Gasteiger partial charge in [-0.15, -0.1) is 0 Å². The number of hydrogen-bond acceptors (Lipinski definition) is 5. The molecule has 6 nitrogen and oxygen atoms in total. The van der Waals surface area contributed by atoms with Gasteiger partial charge in [0.25, 0.3) is 0 Å². The summed E-state index contributed by atoms with van der Waals surface area (Å²) >= 11 is 12.3. The van der Waals surface area contributed by atoms with Crippen LogP contribution in [0.5, 0.6) is 0 Å². The number of benzene rings is 1. The number of aliphatic carboxylic acids is 1. The van der Waals surface area contributed by atoms with Crippen molar-refractivity contribution in [2.45, 2.75) is 12.8 Å². The number of carboxylic acid groups (broad SMARTS) is 1. The summed E-state index contributed by atoms with van der Waals surface area (Å²) in [5, 5.41) is 22.3. The van der Waals surface area contributed by atoms with Crippen molar-refractivity contribution in [3.63, 3.8) is 0 Å². The first-order valence-electron chi connectivity index (χ1n) is 6.90. The molecule has 1 unspecified atom stereocenters. The summed E-state index contributed by atoms with van der Waals surface area (Å²) < 4.78 is 4.77. The first kappa shape index (κ1) is 18.3. The Balaban J connectivity index is 2.81. The zero-order valence-electron chi connectivity index (χ0n) is 12.9. The number of allylic oxidation sites excluding steroid dienone is 1. The van der Waals surface area contributed by atoms with Crippen LogP contribution in [0.1, 0.15) is 18.4 Å². The Morgan fingerprint density at radius 1 is 1.29 bits per heavy atom. The van der Waals surface area contributed by atoms with Gasteiger partial charge >= 0.3 is 11.9 Å². The van der Waals surface area contributed by atoms with Gasteiger partial charge in [-0.25, -0.2) is 9.59 Å². The molecule has 0 fully saturated rings. The third-order valence-electron chi connectivity index (χ3n) is 3.73. The fourth-order valence-corrected chi connectivity index (χ4v) is 3.13. The van der Waals surface area contributed by atoms with Gasteiger partial charge in [0.1, 0.15) is 0 Å². The molecule has 1 heterocycles. The molecule has 0 amide bonds. The van der Waals surface area contributed by atoms with Crippen LogP contribution in [0, 0.1) is 0 Å². The molecule has 128 valence electrons. The van der Waals surface area contributed by atoms with Gasteiger partial charge in [0.05, 0.1) is 46.5 Å². The molecule has 0 bridgehead atoms. The van der Waals surface area contributed by atoms with E-state index < -0.39 is 24.5 Å². The zero-order chi connectivity index (χ0) is 18.0. The number of esters is 1. The second-order valence-electron chi connectivity index (χ2n) is 5.09. The molecule has 0 spiro atoms. The molecular formula is C16H15Cl2NO5. The van der Waals surface area contributed by atoms with Crippen LogP contribution in [0.25, 0.3) is 0 Å². The van der Waals surface area contributed by atoms with Crippen molar-refractivity contribution < 1.29 is 24.5 Å². The lowest BCUT2D eigenvalue weighted by atomic mass is 9.80. The van der Waals surface area contributed by atoms with Gasteiger partial charge in [-0.2, -0.15) is 0 Å². The van der Waals surface area contributed by atoms with Gasteiger partial charge in [-0.05, 0) is 18.6 Å². The van der Waals surface area contributed by atoms with Gasteiger partial charge < -0.3 is 20.3 Å². The number of nitrogens with one attached hydrogen (secondary N) is 1. The number of aliphatic hydroxyl groups is 1. The fourth-order valence-electron chi connectivity index (χ4n) is 2.71. The summed E-state index contributed by atoms with van der Waals surface area (Å²) in [6, 6.07) is 4.74. The number of ether oxygens (including phenoxy) is 1. The summed E-state index contributed by atoms with van der Waals surface area (Å²) in [6.45, 7) is 1.04. The largest absolute Gasteiger partial charge is 0.478 e. The van der Waals surface area contributed by atoms with E-state index in [4.69, 9.17) is 27.9 Å². The third-order valence-corrected chi connectivity index (χ3v) is 4.56. The first-order chi connectivity index (χ1) is 11.3. The number of carbonyl (C=O) groups excluding carboxylic acids is 1. The van der Waals surface area contributed by atoms with Gasteiger partial charge in [0.2, 0.25) is 0 Å². The monoisotopic (exact) mass is 371 g/mol. The lowest BCUT2D eigenvalue weighted by molar-refractivity contribution is -0.136. The third kappa shape index (κ3) is 3.13. The molecule has 1 aromatic carbocycles. The van der Waals surface area contributed by atoms with Crippen LogP contribution < -0.4 is 5.32 Å². The Morgan fingerprint density at radius 3 is 2.50 bits per heavy atom. The van der Waals surface area contributed by atoms with E-state index in [0.717, 1.165) is 0 Å². The zero-order valence-corrected chi connectivity index (χ0v) is 14.4. The van der Waals surface area contributed by atoms with E-state index in [0.29, 0.717) is 11.3 Å². The first-order valence-corrected chi connectivity index (χ1v) is 7.66. The molecule has 0 aliphatic carbocycles. The second-order valence-corrected chi connectivity index (χ2v) is 5.87. The average molecular weight is 372 g/mol. The minimum atomic E-state index is -1.22. The molecular weight excluding hydrogens is 357 g/mol. The number of halogens is 2. The van der Waals surface area contributed by atoms with Crippen LogP contribution >= 0.6 is 23.2 Å². The molecule has 0 saturated carbocycles. The molecule has 1 aromatic rings. The maximum atomic E-state index is 12.3. The number of methoxy groups -OCH3 is 1. The Hall–Kier alpha value is -2.02. The predicted octanol–water partition coefficient (Wildman–Crippen LogP) is 2.46. The SMILES string of the molecule is COC(=O)C1=C(CO)NC(C)=C(C(=O)O)C1c1cccc(Cl)c1Cl. The summed E-state index contributed by atoms with van der Waals surface area (Å²) in [6.07, 6.45) is 0. The predicted molar refractivity (Wildman–Crippen MR) is 88.8 cm³/mol. The minimum Gasteiger partial charge on any atom is -0.478 e. The molecule has 0 aromatic heterocycles. The highest BCUT2D eigenvalue weighted by Gasteiger charge is 2.39. The number of carbonyl (C=O) groups is 2. The number of hydrogen-bond donors (Lipinski definition) is 3. The summed E-state index contributed by atoms with van der Waals surface area (Å²) in [5.74, 6) is -3.01. The van der Waals surface area contributed by atoms with Crippen LogP contribution in [0.4, 0.5) is 0 Å². The summed E-state index contributed by atoms with van der Waals surface area (Å²) in [4.78, 5) is 24.1. The van der Waals surface area contributed by atoms with Crippen molar-refractivity contribution in [3.8, 4) is 0 Å². The van der Waals surface area contributed by atoms with E-state index >= 15 is 0 Å². The van der Waals surface area contributed by atoms with Crippen molar-refractivity contribution in [2.75, 3.05) is 13.7 Å². The van der Waals surface area contributed by atoms with E-state index in [1.165, 1.54) is 7.11 Å². The minimum absolute atomic E-state index is 0.0211. The van der Waals surface area contributed by atoms with E-state index in [9.17, 15) is 19.8 Å². The van der Waals surface area contributed by atoms with Crippen LogP contribution in [0.15, 0.2) is 40.7 Å². The maximum Gasteiger partial charge on any atom is 0.336 e. The average Bonchev–Trinajstić information content (AvgIpc) is 2.55. The van der Waals surface area contributed by atoms with Crippen molar-refractivity contribution in [2.24, 2.45) is 0 Å². The van der Waals surface area contributed by atoms with Gasteiger partial charge in [0, 0.05) is 5.70 Å². The standard InChI is InChI=1S/C16H15Cl2NO5/c1-7-11(15(21)22)12(8-4-3-5-9(17)14(8)18)13(16(23)24-2)10(6-20)19-7/h3-5,12,19-20H,6H2,1-2H3,(H,21,22). The van der Waals surface area contributed by atoms with Crippen molar-refractivity contribution in [1.82, 2.24) is 5.32 Å². The van der Waals surface area contributed by atoms with Crippen molar-refractivity contribution in [1.29, 1.82) is 0 Å². The van der Waals surface area contributed by atoms with Crippen molar-refractivity contribution >= 4 is 35.1 Å². The molecule has 3 N–H and O–H groups in total. The lowest BCUT2D eigenvalue weighted by Gasteiger charge is -2.30. The van der Waals surface area contributed by atoms with E-state index in [1.54, 1.807) is 25.1 Å². The Labute approximate surface area is 148 Å². The quantitative estimate of drug-likeness (QED) is 0.703. The fraction of sp³-hybridized carbons (Fsp3) is 0.250.